The lowest BCUT2D eigenvalue weighted by Gasteiger charge is -2.31. The van der Waals surface area contributed by atoms with Gasteiger partial charge in [0.15, 0.2) is 0 Å². The van der Waals surface area contributed by atoms with Crippen LogP contribution in [0.3, 0.4) is 0 Å². The van der Waals surface area contributed by atoms with Crippen LogP contribution in [0.25, 0.3) is 0 Å². The fourth-order valence-electron chi connectivity index (χ4n) is 1.72. The first-order valence-electron chi connectivity index (χ1n) is 5.55. The van der Waals surface area contributed by atoms with Gasteiger partial charge < -0.3 is 4.90 Å². The molecule has 0 N–H and O–H groups in total. The largest absolute Gasteiger partial charge is 0.335 e. The predicted octanol–water partition coefficient (Wildman–Crippen LogP) is 0.835. The number of nitrogens with zero attached hydrogens (tertiary/aromatic N) is 3. The number of piperazine rings is 1. The summed E-state index contributed by atoms with van der Waals surface area (Å²) in [7, 11) is 0. The van der Waals surface area contributed by atoms with E-state index < -0.39 is 0 Å². The van der Waals surface area contributed by atoms with Crippen LogP contribution < -0.4 is 0 Å². The SMILES string of the molecule is N#C/C(=C/C1CC1)C(=O)N1CCN(S)CC1. The highest BCUT2D eigenvalue weighted by atomic mass is 32.1. The standard InChI is InChI=1S/C11H15N3OS/c12-8-10(7-9-1-2-9)11(15)13-3-5-14(16)6-4-13/h7,9,16H,1-6H2/b10-7-. The van der Waals surface area contributed by atoms with Gasteiger partial charge in [0, 0.05) is 26.2 Å². The molecule has 1 amide bonds. The molecule has 0 spiro atoms. The van der Waals surface area contributed by atoms with E-state index in [4.69, 9.17) is 5.26 Å². The van der Waals surface area contributed by atoms with Crippen molar-refractivity contribution in [3.8, 4) is 6.07 Å². The van der Waals surface area contributed by atoms with Crippen LogP contribution in [-0.2, 0) is 4.79 Å². The first-order chi connectivity index (χ1) is 7.70. The third-order valence-corrected chi connectivity index (χ3v) is 3.32. The van der Waals surface area contributed by atoms with E-state index in [-0.39, 0.29) is 5.91 Å². The average molecular weight is 237 g/mol. The lowest BCUT2D eigenvalue weighted by Crippen LogP contribution is -2.45. The molecule has 1 saturated carbocycles. The summed E-state index contributed by atoms with van der Waals surface area (Å²) in [5.41, 5.74) is 0.315. The Morgan fingerprint density at radius 1 is 1.31 bits per heavy atom. The number of rotatable bonds is 2. The van der Waals surface area contributed by atoms with Crippen LogP contribution in [0.1, 0.15) is 12.8 Å². The van der Waals surface area contributed by atoms with Gasteiger partial charge in [-0.05, 0) is 18.8 Å². The van der Waals surface area contributed by atoms with Gasteiger partial charge in [-0.3, -0.25) is 4.79 Å². The van der Waals surface area contributed by atoms with Crippen molar-refractivity contribution in [2.24, 2.45) is 5.92 Å². The molecule has 0 atom stereocenters. The van der Waals surface area contributed by atoms with Gasteiger partial charge in [0.05, 0.1) is 0 Å². The van der Waals surface area contributed by atoms with Gasteiger partial charge in [-0.15, -0.1) is 0 Å². The summed E-state index contributed by atoms with van der Waals surface area (Å²) in [4.78, 5) is 13.7. The maximum Gasteiger partial charge on any atom is 0.264 e. The zero-order valence-corrected chi connectivity index (χ0v) is 9.99. The minimum absolute atomic E-state index is 0.115. The molecule has 1 saturated heterocycles. The molecular weight excluding hydrogens is 222 g/mol. The molecule has 1 aliphatic carbocycles. The Kier molecular flexibility index (Phi) is 3.52. The first kappa shape index (κ1) is 11.5. The molecule has 0 aromatic heterocycles. The van der Waals surface area contributed by atoms with Gasteiger partial charge in [-0.1, -0.05) is 18.9 Å². The van der Waals surface area contributed by atoms with Crippen LogP contribution in [0.15, 0.2) is 11.6 Å². The minimum Gasteiger partial charge on any atom is -0.335 e. The molecule has 0 aromatic rings. The lowest BCUT2D eigenvalue weighted by molar-refractivity contribution is -0.127. The summed E-state index contributed by atoms with van der Waals surface area (Å²) in [6, 6.07) is 2.02. The lowest BCUT2D eigenvalue weighted by atomic mass is 10.2. The highest BCUT2D eigenvalue weighted by molar-refractivity contribution is 7.77. The van der Waals surface area contributed by atoms with Gasteiger partial charge in [0.1, 0.15) is 11.6 Å². The van der Waals surface area contributed by atoms with Crippen molar-refractivity contribution in [3.05, 3.63) is 11.6 Å². The van der Waals surface area contributed by atoms with Crippen LogP contribution in [0.2, 0.25) is 0 Å². The normalized spacial score (nSPS) is 23.0. The van der Waals surface area contributed by atoms with Crippen molar-refractivity contribution >= 4 is 18.7 Å². The summed E-state index contributed by atoms with van der Waals surface area (Å²) in [5.74, 6) is 0.348. The first-order valence-corrected chi connectivity index (χ1v) is 5.95. The number of carbonyl (C=O) groups excluding carboxylic acids is 1. The monoisotopic (exact) mass is 237 g/mol. The van der Waals surface area contributed by atoms with Crippen molar-refractivity contribution < 1.29 is 4.79 Å². The van der Waals surface area contributed by atoms with E-state index in [0.717, 1.165) is 25.9 Å². The van der Waals surface area contributed by atoms with E-state index in [0.29, 0.717) is 24.6 Å². The maximum atomic E-state index is 12.0. The molecule has 0 radical (unpaired) electrons. The van der Waals surface area contributed by atoms with Crippen molar-refractivity contribution in [3.63, 3.8) is 0 Å². The second-order valence-corrected chi connectivity index (χ2v) is 4.84. The highest BCUT2D eigenvalue weighted by Gasteiger charge is 2.26. The number of amides is 1. The summed E-state index contributed by atoms with van der Waals surface area (Å²) in [5, 5.41) is 8.96. The van der Waals surface area contributed by atoms with E-state index in [1.807, 2.05) is 16.5 Å². The Morgan fingerprint density at radius 3 is 2.44 bits per heavy atom. The molecule has 1 aliphatic heterocycles. The summed E-state index contributed by atoms with van der Waals surface area (Å²) in [6.45, 7) is 2.84. The van der Waals surface area contributed by atoms with Gasteiger partial charge in [0.25, 0.3) is 5.91 Å². The van der Waals surface area contributed by atoms with Crippen LogP contribution in [-0.4, -0.2) is 41.3 Å². The second-order valence-electron chi connectivity index (χ2n) is 4.28. The van der Waals surface area contributed by atoms with Gasteiger partial charge in [-0.25, -0.2) is 4.31 Å². The van der Waals surface area contributed by atoms with E-state index in [1.165, 1.54) is 0 Å². The topological polar surface area (TPSA) is 47.3 Å². The van der Waals surface area contributed by atoms with Crippen LogP contribution >= 0.6 is 12.8 Å². The molecule has 86 valence electrons. The molecule has 2 fully saturated rings. The van der Waals surface area contributed by atoms with Gasteiger partial charge in [-0.2, -0.15) is 5.26 Å². The highest BCUT2D eigenvalue weighted by Crippen LogP contribution is 2.31. The molecule has 2 rings (SSSR count). The molecule has 4 nitrogen and oxygen atoms in total. The minimum atomic E-state index is -0.115. The Hall–Kier alpha value is -0.990. The molecular formula is C11H15N3OS. The Morgan fingerprint density at radius 2 is 1.94 bits per heavy atom. The smallest absolute Gasteiger partial charge is 0.264 e. The van der Waals surface area contributed by atoms with Gasteiger partial charge >= 0.3 is 0 Å². The maximum absolute atomic E-state index is 12.0. The molecule has 5 heteroatoms. The zero-order valence-electron chi connectivity index (χ0n) is 9.09. The number of hydrogen-bond donors (Lipinski definition) is 1. The van der Waals surface area contributed by atoms with Crippen molar-refractivity contribution in [1.82, 2.24) is 9.21 Å². The number of thiol groups is 1. The number of hydrogen-bond acceptors (Lipinski definition) is 4. The Labute approximate surface area is 101 Å². The van der Waals surface area contributed by atoms with E-state index in [1.54, 1.807) is 4.90 Å². The number of allylic oxidation sites excluding steroid dienone is 1. The fraction of sp³-hybridized carbons (Fsp3) is 0.636. The average Bonchev–Trinajstić information content (AvgIpc) is 3.10. The fourth-order valence-corrected chi connectivity index (χ4v) is 1.90. The van der Waals surface area contributed by atoms with E-state index in [2.05, 4.69) is 12.8 Å². The van der Waals surface area contributed by atoms with E-state index in [9.17, 15) is 4.79 Å². The summed E-state index contributed by atoms with van der Waals surface area (Å²) < 4.78 is 1.89. The van der Waals surface area contributed by atoms with E-state index >= 15 is 0 Å². The third-order valence-electron chi connectivity index (χ3n) is 2.92. The molecule has 2 aliphatic rings. The molecule has 0 unspecified atom stereocenters. The second kappa shape index (κ2) is 4.89. The summed E-state index contributed by atoms with van der Waals surface area (Å²) >= 11 is 4.23. The molecule has 16 heavy (non-hydrogen) atoms. The summed E-state index contributed by atoms with van der Waals surface area (Å²) in [6.07, 6.45) is 4.06. The quantitative estimate of drug-likeness (QED) is 0.440. The van der Waals surface area contributed by atoms with Crippen LogP contribution in [0.4, 0.5) is 0 Å². The van der Waals surface area contributed by atoms with Crippen LogP contribution in [0.5, 0.6) is 0 Å². The molecule has 0 bridgehead atoms. The van der Waals surface area contributed by atoms with Crippen LogP contribution in [0, 0.1) is 17.2 Å². The molecule has 0 aromatic carbocycles. The van der Waals surface area contributed by atoms with Gasteiger partial charge in [0.2, 0.25) is 0 Å². The molecule has 1 heterocycles. The predicted molar refractivity (Wildman–Crippen MR) is 63.6 cm³/mol. The van der Waals surface area contributed by atoms with Crippen molar-refractivity contribution in [1.29, 1.82) is 5.26 Å². The number of nitriles is 1. The Bertz CT molecular complexity index is 349. The third kappa shape index (κ3) is 2.77. The Balaban J connectivity index is 1.98. The number of carbonyl (C=O) groups is 1. The van der Waals surface area contributed by atoms with Crippen molar-refractivity contribution in [2.45, 2.75) is 12.8 Å². The zero-order chi connectivity index (χ0) is 11.5. The van der Waals surface area contributed by atoms with Crippen molar-refractivity contribution in [2.75, 3.05) is 26.2 Å².